The molecule has 4 heteroatoms. The molecule has 1 heterocycles. The Balaban J connectivity index is 1.90. The number of amides is 1. The van der Waals surface area contributed by atoms with Crippen LogP contribution in [0.2, 0.25) is 0 Å². The van der Waals surface area contributed by atoms with Crippen LogP contribution in [0.25, 0.3) is 0 Å². The van der Waals surface area contributed by atoms with Crippen molar-refractivity contribution in [3.8, 4) is 0 Å². The van der Waals surface area contributed by atoms with Crippen molar-refractivity contribution in [3.63, 3.8) is 0 Å². The molecule has 1 unspecified atom stereocenters. The summed E-state index contributed by atoms with van der Waals surface area (Å²) in [4.78, 5) is 14.1. The van der Waals surface area contributed by atoms with E-state index in [0.29, 0.717) is 25.7 Å². The molecule has 1 saturated carbocycles. The zero-order valence-corrected chi connectivity index (χ0v) is 9.15. The fourth-order valence-corrected chi connectivity index (χ4v) is 2.17. The minimum absolute atomic E-state index is 0.0888. The number of hydrogen-bond acceptors (Lipinski definition) is 3. The minimum atomic E-state index is 0.0888. The first-order valence-electron chi connectivity index (χ1n) is 5.91. The first-order valence-corrected chi connectivity index (χ1v) is 5.91. The third-order valence-corrected chi connectivity index (χ3v) is 3.15. The van der Waals surface area contributed by atoms with Crippen LogP contribution in [0, 0.1) is 5.92 Å². The smallest absolute Gasteiger partial charge is 0.228 e. The molecule has 2 rings (SSSR count). The summed E-state index contributed by atoms with van der Waals surface area (Å²) < 4.78 is 5.35. The molecular formula is C11H20N2O2. The van der Waals surface area contributed by atoms with E-state index in [1.54, 1.807) is 0 Å². The highest BCUT2D eigenvalue weighted by molar-refractivity contribution is 5.79. The molecule has 0 spiro atoms. The third kappa shape index (κ3) is 2.69. The van der Waals surface area contributed by atoms with Gasteiger partial charge in [0.15, 0.2) is 0 Å². The molecule has 1 atom stereocenters. The Bertz CT molecular complexity index is 223. The topological polar surface area (TPSA) is 55.6 Å². The van der Waals surface area contributed by atoms with Gasteiger partial charge in [-0.3, -0.25) is 4.79 Å². The lowest BCUT2D eigenvalue weighted by Gasteiger charge is -2.29. The van der Waals surface area contributed by atoms with Gasteiger partial charge in [-0.05, 0) is 25.7 Å². The van der Waals surface area contributed by atoms with Gasteiger partial charge in [-0.25, -0.2) is 0 Å². The van der Waals surface area contributed by atoms with Crippen LogP contribution in [0.5, 0.6) is 0 Å². The average molecular weight is 212 g/mol. The number of rotatable bonds is 4. The highest BCUT2D eigenvalue weighted by Crippen LogP contribution is 2.29. The Morgan fingerprint density at radius 2 is 2.20 bits per heavy atom. The van der Waals surface area contributed by atoms with Crippen LogP contribution < -0.4 is 5.73 Å². The van der Waals surface area contributed by atoms with Gasteiger partial charge >= 0.3 is 0 Å². The third-order valence-electron chi connectivity index (χ3n) is 3.15. The maximum Gasteiger partial charge on any atom is 0.228 e. The normalized spacial score (nSPS) is 26.3. The summed E-state index contributed by atoms with van der Waals surface area (Å²) >= 11 is 0. The van der Waals surface area contributed by atoms with Gasteiger partial charge in [-0.1, -0.05) is 0 Å². The summed E-state index contributed by atoms with van der Waals surface area (Å²) in [6.45, 7) is 2.69. The summed E-state index contributed by atoms with van der Waals surface area (Å²) in [5.41, 5.74) is 5.54. The van der Waals surface area contributed by atoms with E-state index in [9.17, 15) is 4.79 Å². The fraction of sp³-hybridized carbons (Fsp3) is 0.909. The predicted molar refractivity (Wildman–Crippen MR) is 57.3 cm³/mol. The van der Waals surface area contributed by atoms with Gasteiger partial charge in [0, 0.05) is 25.7 Å². The molecule has 1 aliphatic heterocycles. The van der Waals surface area contributed by atoms with Crippen molar-refractivity contribution >= 4 is 5.91 Å². The maximum atomic E-state index is 12.2. The summed E-state index contributed by atoms with van der Waals surface area (Å²) in [6.07, 6.45) is 4.29. The standard InChI is InChI=1S/C11H20N2O2/c12-5-6-13(10-3-4-10)11(14)9-2-1-7-15-8-9/h9-10H,1-8,12H2. The Morgan fingerprint density at radius 3 is 2.73 bits per heavy atom. The molecule has 1 saturated heterocycles. The Labute approximate surface area is 90.8 Å². The monoisotopic (exact) mass is 212 g/mol. The second kappa shape index (κ2) is 4.94. The lowest BCUT2D eigenvalue weighted by atomic mass is 10.0. The van der Waals surface area contributed by atoms with E-state index in [1.807, 2.05) is 4.90 Å². The van der Waals surface area contributed by atoms with Crippen molar-refractivity contribution < 1.29 is 9.53 Å². The fourth-order valence-electron chi connectivity index (χ4n) is 2.17. The summed E-state index contributed by atoms with van der Waals surface area (Å²) in [5, 5.41) is 0. The van der Waals surface area contributed by atoms with Crippen molar-refractivity contribution in [2.24, 2.45) is 11.7 Å². The highest BCUT2D eigenvalue weighted by atomic mass is 16.5. The first-order chi connectivity index (χ1) is 7.33. The average Bonchev–Trinajstić information content (AvgIpc) is 3.10. The molecule has 0 aromatic heterocycles. The van der Waals surface area contributed by atoms with E-state index < -0.39 is 0 Å². The molecular weight excluding hydrogens is 192 g/mol. The van der Waals surface area contributed by atoms with Gasteiger partial charge in [-0.2, -0.15) is 0 Å². The first kappa shape index (κ1) is 10.9. The molecule has 15 heavy (non-hydrogen) atoms. The quantitative estimate of drug-likeness (QED) is 0.732. The van der Waals surface area contributed by atoms with E-state index in [2.05, 4.69) is 0 Å². The van der Waals surface area contributed by atoms with Gasteiger partial charge in [0.2, 0.25) is 5.91 Å². The second-order valence-corrected chi connectivity index (χ2v) is 4.47. The largest absolute Gasteiger partial charge is 0.381 e. The maximum absolute atomic E-state index is 12.2. The van der Waals surface area contributed by atoms with Crippen molar-refractivity contribution in [2.75, 3.05) is 26.3 Å². The van der Waals surface area contributed by atoms with E-state index >= 15 is 0 Å². The SMILES string of the molecule is NCCN(C(=O)C1CCCOC1)C1CC1. The number of ether oxygens (including phenoxy) is 1. The van der Waals surface area contributed by atoms with Crippen molar-refractivity contribution in [3.05, 3.63) is 0 Å². The molecule has 0 bridgehead atoms. The van der Waals surface area contributed by atoms with Gasteiger partial charge in [0.1, 0.15) is 0 Å². The predicted octanol–water partition coefficient (Wildman–Crippen LogP) is 0.363. The zero-order valence-electron chi connectivity index (χ0n) is 9.15. The summed E-state index contributed by atoms with van der Waals surface area (Å²) in [7, 11) is 0. The highest BCUT2D eigenvalue weighted by Gasteiger charge is 2.35. The van der Waals surface area contributed by atoms with Crippen molar-refractivity contribution in [1.82, 2.24) is 4.90 Å². The van der Waals surface area contributed by atoms with E-state index in [1.165, 1.54) is 0 Å². The van der Waals surface area contributed by atoms with Crippen LogP contribution in [0.15, 0.2) is 0 Å². The molecule has 0 aromatic carbocycles. The summed E-state index contributed by atoms with van der Waals surface area (Å²) in [6, 6.07) is 0.475. The van der Waals surface area contributed by atoms with Crippen LogP contribution in [0.1, 0.15) is 25.7 Å². The van der Waals surface area contributed by atoms with Gasteiger partial charge in [0.05, 0.1) is 12.5 Å². The van der Waals surface area contributed by atoms with Gasteiger partial charge in [0.25, 0.3) is 0 Å². The van der Waals surface area contributed by atoms with Gasteiger partial charge in [-0.15, -0.1) is 0 Å². The Hall–Kier alpha value is -0.610. The van der Waals surface area contributed by atoms with Crippen LogP contribution >= 0.6 is 0 Å². The molecule has 2 aliphatic rings. The minimum Gasteiger partial charge on any atom is -0.381 e. The van der Waals surface area contributed by atoms with Crippen LogP contribution in [-0.4, -0.2) is 43.2 Å². The summed E-state index contributed by atoms with van der Waals surface area (Å²) in [5.74, 6) is 0.355. The number of carbonyl (C=O) groups is 1. The van der Waals surface area contributed by atoms with E-state index in [0.717, 1.165) is 32.3 Å². The van der Waals surface area contributed by atoms with Crippen LogP contribution in [0.4, 0.5) is 0 Å². The van der Waals surface area contributed by atoms with Crippen LogP contribution in [-0.2, 0) is 9.53 Å². The molecule has 2 N–H and O–H groups in total. The number of nitrogens with zero attached hydrogens (tertiary/aromatic N) is 1. The molecule has 1 aliphatic carbocycles. The molecule has 4 nitrogen and oxygen atoms in total. The van der Waals surface area contributed by atoms with Crippen molar-refractivity contribution in [1.29, 1.82) is 0 Å². The van der Waals surface area contributed by atoms with E-state index in [4.69, 9.17) is 10.5 Å². The number of nitrogens with two attached hydrogens (primary N) is 1. The molecule has 0 radical (unpaired) electrons. The molecule has 86 valence electrons. The lowest BCUT2D eigenvalue weighted by Crippen LogP contribution is -2.43. The number of hydrogen-bond donors (Lipinski definition) is 1. The Kier molecular flexibility index (Phi) is 3.59. The van der Waals surface area contributed by atoms with Gasteiger partial charge < -0.3 is 15.4 Å². The van der Waals surface area contributed by atoms with Crippen LogP contribution in [0.3, 0.4) is 0 Å². The zero-order chi connectivity index (χ0) is 10.7. The lowest BCUT2D eigenvalue weighted by molar-refractivity contribution is -0.140. The number of carbonyl (C=O) groups excluding carboxylic acids is 1. The Morgan fingerprint density at radius 1 is 1.40 bits per heavy atom. The molecule has 0 aromatic rings. The molecule has 2 fully saturated rings. The van der Waals surface area contributed by atoms with E-state index in [-0.39, 0.29) is 11.8 Å². The second-order valence-electron chi connectivity index (χ2n) is 4.47. The van der Waals surface area contributed by atoms with Crippen molar-refractivity contribution in [2.45, 2.75) is 31.7 Å². The molecule has 1 amide bonds.